The van der Waals surface area contributed by atoms with Crippen LogP contribution in [-0.4, -0.2) is 6.04 Å². The Morgan fingerprint density at radius 1 is 1.06 bits per heavy atom. The van der Waals surface area contributed by atoms with Crippen LogP contribution in [-0.2, 0) is 6.42 Å². The molecule has 0 bridgehead atoms. The van der Waals surface area contributed by atoms with Gasteiger partial charge in [0.05, 0.1) is 0 Å². The van der Waals surface area contributed by atoms with E-state index in [0.29, 0.717) is 0 Å². The molecule has 18 heavy (non-hydrogen) atoms. The molecular weight excluding hydrogens is 225 g/mol. The fourth-order valence-corrected chi connectivity index (χ4v) is 2.11. The van der Waals surface area contributed by atoms with Gasteiger partial charge in [0.1, 0.15) is 5.82 Å². The minimum Gasteiger partial charge on any atom is -0.328 e. The predicted molar refractivity (Wildman–Crippen MR) is 73.9 cm³/mol. The summed E-state index contributed by atoms with van der Waals surface area (Å²) in [7, 11) is 0. The van der Waals surface area contributed by atoms with Gasteiger partial charge in [0.2, 0.25) is 0 Å². The first kappa shape index (κ1) is 12.8. The van der Waals surface area contributed by atoms with Gasteiger partial charge in [0.25, 0.3) is 0 Å². The summed E-state index contributed by atoms with van der Waals surface area (Å²) in [6, 6.07) is 13.4. The van der Waals surface area contributed by atoms with Crippen molar-refractivity contribution in [2.24, 2.45) is 5.73 Å². The molecule has 0 spiro atoms. The number of benzene rings is 2. The largest absolute Gasteiger partial charge is 0.328 e. The van der Waals surface area contributed by atoms with Crippen LogP contribution in [0.2, 0.25) is 0 Å². The van der Waals surface area contributed by atoms with E-state index in [0.717, 1.165) is 23.1 Å². The highest BCUT2D eigenvalue weighted by molar-refractivity contribution is 5.64. The first-order valence-corrected chi connectivity index (χ1v) is 6.16. The number of hydrogen-bond donors (Lipinski definition) is 1. The number of rotatable bonds is 3. The second-order valence-corrected chi connectivity index (χ2v) is 4.90. The molecule has 0 aliphatic rings. The van der Waals surface area contributed by atoms with E-state index in [1.165, 1.54) is 11.6 Å². The molecular formula is C16H18FN. The number of halogens is 1. The van der Waals surface area contributed by atoms with E-state index in [4.69, 9.17) is 5.73 Å². The van der Waals surface area contributed by atoms with E-state index >= 15 is 0 Å². The molecule has 1 atom stereocenters. The molecule has 1 unspecified atom stereocenters. The van der Waals surface area contributed by atoms with Gasteiger partial charge in [0.15, 0.2) is 0 Å². The van der Waals surface area contributed by atoms with Gasteiger partial charge in [-0.25, -0.2) is 4.39 Å². The van der Waals surface area contributed by atoms with Gasteiger partial charge in [-0.3, -0.25) is 0 Å². The van der Waals surface area contributed by atoms with Gasteiger partial charge < -0.3 is 5.73 Å². The Balaban J connectivity index is 2.28. The lowest BCUT2D eigenvalue weighted by atomic mass is 10.00. The van der Waals surface area contributed by atoms with Gasteiger partial charge in [-0.1, -0.05) is 30.3 Å². The van der Waals surface area contributed by atoms with E-state index in [2.05, 4.69) is 12.1 Å². The Hall–Kier alpha value is -1.67. The van der Waals surface area contributed by atoms with Gasteiger partial charge >= 0.3 is 0 Å². The summed E-state index contributed by atoms with van der Waals surface area (Å²) >= 11 is 0. The molecule has 0 aliphatic heterocycles. The molecule has 0 radical (unpaired) electrons. The van der Waals surface area contributed by atoms with Crippen LogP contribution in [0.15, 0.2) is 42.5 Å². The maximum absolute atomic E-state index is 13.3. The van der Waals surface area contributed by atoms with Crippen LogP contribution in [0.5, 0.6) is 0 Å². The van der Waals surface area contributed by atoms with Crippen molar-refractivity contribution in [1.29, 1.82) is 0 Å². The topological polar surface area (TPSA) is 26.0 Å². The van der Waals surface area contributed by atoms with Crippen molar-refractivity contribution >= 4 is 0 Å². The van der Waals surface area contributed by atoms with Crippen LogP contribution in [0, 0.1) is 12.7 Å². The summed E-state index contributed by atoms with van der Waals surface area (Å²) in [6.07, 6.45) is 0.864. The van der Waals surface area contributed by atoms with Gasteiger partial charge in [0, 0.05) is 6.04 Å². The Morgan fingerprint density at radius 3 is 2.28 bits per heavy atom. The van der Waals surface area contributed by atoms with Crippen LogP contribution in [0.25, 0.3) is 11.1 Å². The van der Waals surface area contributed by atoms with Crippen LogP contribution < -0.4 is 5.73 Å². The minimum atomic E-state index is -0.190. The van der Waals surface area contributed by atoms with Gasteiger partial charge in [-0.05, 0) is 54.7 Å². The molecule has 2 N–H and O–H groups in total. The van der Waals surface area contributed by atoms with Gasteiger partial charge in [-0.15, -0.1) is 0 Å². The van der Waals surface area contributed by atoms with Crippen molar-refractivity contribution in [2.45, 2.75) is 26.3 Å². The lowest BCUT2D eigenvalue weighted by Gasteiger charge is -2.07. The molecule has 0 fully saturated rings. The van der Waals surface area contributed by atoms with Crippen molar-refractivity contribution in [3.63, 3.8) is 0 Å². The smallest absolute Gasteiger partial charge is 0.124 e. The summed E-state index contributed by atoms with van der Waals surface area (Å²) in [5.41, 5.74) is 9.86. The molecule has 0 aromatic heterocycles. The highest BCUT2D eigenvalue weighted by atomic mass is 19.1. The lowest BCUT2D eigenvalue weighted by Crippen LogP contribution is -2.17. The summed E-state index contributed by atoms with van der Waals surface area (Å²) in [5.74, 6) is -0.190. The molecule has 0 aliphatic carbocycles. The summed E-state index contributed by atoms with van der Waals surface area (Å²) < 4.78 is 13.3. The molecule has 2 rings (SSSR count). The SMILES string of the molecule is Cc1cc(F)cc(-c2ccc(CC(C)N)cc2)c1. The summed E-state index contributed by atoms with van der Waals surface area (Å²) in [4.78, 5) is 0. The second kappa shape index (κ2) is 5.32. The van der Waals surface area contributed by atoms with Crippen LogP contribution in [0.1, 0.15) is 18.1 Å². The number of hydrogen-bond acceptors (Lipinski definition) is 1. The monoisotopic (exact) mass is 243 g/mol. The van der Waals surface area contributed by atoms with E-state index in [1.54, 1.807) is 6.07 Å². The first-order valence-electron chi connectivity index (χ1n) is 6.16. The highest BCUT2D eigenvalue weighted by Gasteiger charge is 2.02. The second-order valence-electron chi connectivity index (χ2n) is 4.90. The Kier molecular flexibility index (Phi) is 3.78. The number of aryl methyl sites for hydroxylation is 1. The van der Waals surface area contributed by atoms with Crippen molar-refractivity contribution in [1.82, 2.24) is 0 Å². The molecule has 2 heteroatoms. The van der Waals surface area contributed by atoms with E-state index in [-0.39, 0.29) is 11.9 Å². The maximum Gasteiger partial charge on any atom is 0.124 e. The third-order valence-electron chi connectivity index (χ3n) is 2.89. The minimum absolute atomic E-state index is 0.160. The quantitative estimate of drug-likeness (QED) is 0.874. The fourth-order valence-electron chi connectivity index (χ4n) is 2.11. The summed E-state index contributed by atoms with van der Waals surface area (Å²) in [5, 5.41) is 0. The third kappa shape index (κ3) is 3.17. The standard InChI is InChI=1S/C16H18FN/c1-11-7-15(10-16(17)8-11)14-5-3-13(4-6-14)9-12(2)18/h3-8,10,12H,9,18H2,1-2H3. The number of nitrogens with two attached hydrogens (primary N) is 1. The molecule has 0 saturated heterocycles. The highest BCUT2D eigenvalue weighted by Crippen LogP contribution is 2.22. The van der Waals surface area contributed by atoms with Crippen molar-refractivity contribution in [2.75, 3.05) is 0 Å². The molecule has 2 aromatic carbocycles. The third-order valence-corrected chi connectivity index (χ3v) is 2.89. The Bertz CT molecular complexity index is 509. The first-order chi connectivity index (χ1) is 8.54. The maximum atomic E-state index is 13.3. The predicted octanol–water partition coefficient (Wildman–Crippen LogP) is 3.69. The van der Waals surface area contributed by atoms with Crippen LogP contribution in [0.3, 0.4) is 0 Å². The molecule has 0 saturated carbocycles. The molecule has 0 heterocycles. The lowest BCUT2D eigenvalue weighted by molar-refractivity contribution is 0.627. The molecule has 94 valence electrons. The van der Waals surface area contributed by atoms with Gasteiger partial charge in [-0.2, -0.15) is 0 Å². The Labute approximate surface area is 107 Å². The summed E-state index contributed by atoms with van der Waals surface area (Å²) in [6.45, 7) is 3.89. The van der Waals surface area contributed by atoms with Crippen molar-refractivity contribution in [3.05, 3.63) is 59.4 Å². The fraction of sp³-hybridized carbons (Fsp3) is 0.250. The van der Waals surface area contributed by atoms with Crippen molar-refractivity contribution < 1.29 is 4.39 Å². The zero-order valence-electron chi connectivity index (χ0n) is 10.8. The zero-order valence-corrected chi connectivity index (χ0v) is 10.8. The van der Waals surface area contributed by atoms with Crippen LogP contribution >= 0.6 is 0 Å². The van der Waals surface area contributed by atoms with E-state index in [9.17, 15) is 4.39 Å². The average molecular weight is 243 g/mol. The van der Waals surface area contributed by atoms with E-state index in [1.807, 2.05) is 32.0 Å². The van der Waals surface area contributed by atoms with Crippen LogP contribution in [0.4, 0.5) is 4.39 Å². The normalized spacial score (nSPS) is 12.4. The Morgan fingerprint density at radius 2 is 1.72 bits per heavy atom. The van der Waals surface area contributed by atoms with E-state index < -0.39 is 0 Å². The van der Waals surface area contributed by atoms with Crippen molar-refractivity contribution in [3.8, 4) is 11.1 Å². The zero-order chi connectivity index (χ0) is 13.1. The molecule has 0 amide bonds. The molecule has 2 aromatic rings. The molecule has 1 nitrogen and oxygen atoms in total. The average Bonchev–Trinajstić information content (AvgIpc) is 2.27.